The average molecular weight is 1140 g/mol. The summed E-state index contributed by atoms with van der Waals surface area (Å²) in [5, 5.41) is 0. The molecule has 1 unspecified atom stereocenters. The van der Waals surface area contributed by atoms with Gasteiger partial charge in [-0.1, -0.05) is 353 Å². The van der Waals surface area contributed by atoms with Gasteiger partial charge in [-0.15, -0.1) is 0 Å². The molecule has 0 fully saturated rings. The quantitative estimate of drug-likeness (QED) is 0.0261. The fourth-order valence-electron chi connectivity index (χ4n) is 11.4. The van der Waals surface area contributed by atoms with Gasteiger partial charge in [-0.05, 0) is 70.6 Å². The lowest BCUT2D eigenvalue weighted by atomic mass is 10.0. The van der Waals surface area contributed by atoms with Crippen LogP contribution in [0.2, 0.25) is 0 Å². The summed E-state index contributed by atoms with van der Waals surface area (Å²) >= 11 is 0. The topological polar surface area (TPSA) is 78.9 Å². The zero-order chi connectivity index (χ0) is 58.5. The van der Waals surface area contributed by atoms with Gasteiger partial charge >= 0.3 is 17.9 Å². The minimum absolute atomic E-state index is 0.0692. The second kappa shape index (κ2) is 70.4. The molecular weight excluding hydrogens is 997 g/mol. The van der Waals surface area contributed by atoms with Crippen molar-refractivity contribution in [1.29, 1.82) is 0 Å². The molecule has 0 N–H and O–H groups in total. The molecule has 0 aromatic carbocycles. The van der Waals surface area contributed by atoms with Gasteiger partial charge in [0, 0.05) is 19.3 Å². The Morgan fingerprint density at radius 3 is 0.617 bits per heavy atom. The number of carbonyl (C=O) groups is 3. The van der Waals surface area contributed by atoms with E-state index in [0.29, 0.717) is 19.3 Å². The molecule has 6 nitrogen and oxygen atoms in total. The third-order valence-corrected chi connectivity index (χ3v) is 16.9. The number of hydrogen-bond donors (Lipinski definition) is 0. The van der Waals surface area contributed by atoms with Crippen LogP contribution in [0.25, 0.3) is 0 Å². The van der Waals surface area contributed by atoms with Gasteiger partial charge in [-0.25, -0.2) is 0 Å². The van der Waals surface area contributed by atoms with Crippen molar-refractivity contribution in [2.75, 3.05) is 13.2 Å². The molecule has 0 aromatic rings. The highest BCUT2D eigenvalue weighted by Gasteiger charge is 2.19. The molecule has 0 bridgehead atoms. The Morgan fingerprint density at radius 2 is 0.407 bits per heavy atom. The van der Waals surface area contributed by atoms with Crippen molar-refractivity contribution in [3.05, 3.63) is 24.3 Å². The third-order valence-electron chi connectivity index (χ3n) is 16.9. The Balaban J connectivity index is 4.16. The largest absolute Gasteiger partial charge is 0.462 e. The van der Waals surface area contributed by atoms with E-state index in [1.54, 1.807) is 0 Å². The standard InChI is InChI=1S/C75H142O6/c1-4-7-10-13-16-19-22-25-28-30-32-33-34-35-36-37-38-39-40-41-42-44-45-47-50-53-56-59-62-65-68-74(77)80-71-72(70-79-73(76)67-64-61-58-55-52-49-27-24-21-18-15-12-9-6-3)81-75(78)69-66-63-60-57-54-51-48-46-43-31-29-26-23-20-17-14-11-8-5-2/h24,26-27,29,72H,4-23,25,28,30-71H2,1-3H3/b27-24-,29-26-. The van der Waals surface area contributed by atoms with E-state index in [2.05, 4.69) is 45.1 Å². The number of hydrogen-bond acceptors (Lipinski definition) is 6. The smallest absolute Gasteiger partial charge is 0.306 e. The van der Waals surface area contributed by atoms with Crippen LogP contribution in [0.15, 0.2) is 24.3 Å². The zero-order valence-electron chi connectivity index (χ0n) is 55.1. The van der Waals surface area contributed by atoms with E-state index < -0.39 is 6.10 Å². The molecule has 0 aliphatic carbocycles. The van der Waals surface area contributed by atoms with E-state index in [1.165, 1.54) is 315 Å². The molecule has 6 heteroatoms. The summed E-state index contributed by atoms with van der Waals surface area (Å²) in [6, 6.07) is 0. The minimum atomic E-state index is -0.774. The predicted octanol–water partition coefficient (Wildman–Crippen LogP) is 25.3. The molecule has 478 valence electrons. The minimum Gasteiger partial charge on any atom is -0.462 e. The summed E-state index contributed by atoms with van der Waals surface area (Å²) < 4.78 is 17.0. The number of ether oxygens (including phenoxy) is 3. The van der Waals surface area contributed by atoms with E-state index in [0.717, 1.165) is 64.2 Å². The second-order valence-corrected chi connectivity index (χ2v) is 25.2. The lowest BCUT2D eigenvalue weighted by Gasteiger charge is -2.18. The van der Waals surface area contributed by atoms with Crippen LogP contribution in [0, 0.1) is 0 Å². The molecule has 81 heavy (non-hydrogen) atoms. The van der Waals surface area contributed by atoms with E-state index in [4.69, 9.17) is 14.2 Å². The Labute approximate surface area is 506 Å². The van der Waals surface area contributed by atoms with Crippen LogP contribution < -0.4 is 0 Å². The van der Waals surface area contributed by atoms with Crippen molar-refractivity contribution in [2.24, 2.45) is 0 Å². The van der Waals surface area contributed by atoms with E-state index in [1.807, 2.05) is 0 Å². The highest BCUT2D eigenvalue weighted by molar-refractivity contribution is 5.71. The lowest BCUT2D eigenvalue weighted by Crippen LogP contribution is -2.30. The van der Waals surface area contributed by atoms with Crippen LogP contribution in [-0.2, 0) is 28.6 Å². The Kier molecular flexibility index (Phi) is 68.5. The molecule has 0 aliphatic heterocycles. The summed E-state index contributed by atoms with van der Waals surface area (Å²) in [7, 11) is 0. The Morgan fingerprint density at radius 1 is 0.235 bits per heavy atom. The number of allylic oxidation sites excluding steroid dienone is 4. The molecule has 0 aromatic heterocycles. The van der Waals surface area contributed by atoms with Crippen LogP contribution in [0.5, 0.6) is 0 Å². The summed E-state index contributed by atoms with van der Waals surface area (Å²) in [6.07, 6.45) is 86.5. The fourth-order valence-corrected chi connectivity index (χ4v) is 11.4. The van der Waals surface area contributed by atoms with Crippen LogP contribution in [0.3, 0.4) is 0 Å². The first-order chi connectivity index (χ1) is 40.0. The molecule has 0 amide bonds. The lowest BCUT2D eigenvalue weighted by molar-refractivity contribution is -0.167. The van der Waals surface area contributed by atoms with Crippen molar-refractivity contribution >= 4 is 17.9 Å². The molecule has 0 saturated carbocycles. The van der Waals surface area contributed by atoms with Crippen LogP contribution in [0.1, 0.15) is 419 Å². The molecule has 0 saturated heterocycles. The van der Waals surface area contributed by atoms with Crippen molar-refractivity contribution < 1.29 is 28.6 Å². The first kappa shape index (κ1) is 78.9. The SMILES string of the molecule is CCCCCCC/C=C\CCCCCCCC(=O)OCC(COC(=O)CCCCCCCCCCCCCCCCCCCCCCCCCCCCCCCC)OC(=O)CCCCCCCCCCC/C=C\CCCCCCCC. The van der Waals surface area contributed by atoms with E-state index in [-0.39, 0.29) is 31.1 Å². The van der Waals surface area contributed by atoms with Gasteiger partial charge in [0.25, 0.3) is 0 Å². The van der Waals surface area contributed by atoms with Gasteiger partial charge in [0.1, 0.15) is 13.2 Å². The van der Waals surface area contributed by atoms with Crippen LogP contribution in [-0.4, -0.2) is 37.2 Å². The molecule has 0 heterocycles. The second-order valence-electron chi connectivity index (χ2n) is 25.2. The van der Waals surface area contributed by atoms with Crippen LogP contribution >= 0.6 is 0 Å². The van der Waals surface area contributed by atoms with Crippen LogP contribution in [0.4, 0.5) is 0 Å². The summed E-state index contributed by atoms with van der Waals surface area (Å²) in [5.74, 6) is -0.849. The molecule has 0 radical (unpaired) electrons. The third kappa shape index (κ3) is 68.6. The van der Waals surface area contributed by atoms with Crippen molar-refractivity contribution in [3.63, 3.8) is 0 Å². The molecular formula is C75H142O6. The normalized spacial score (nSPS) is 12.1. The molecule has 0 aliphatic rings. The summed E-state index contributed by atoms with van der Waals surface area (Å²) in [6.45, 7) is 6.70. The Hall–Kier alpha value is -2.11. The van der Waals surface area contributed by atoms with Gasteiger partial charge < -0.3 is 14.2 Å². The monoisotopic (exact) mass is 1140 g/mol. The van der Waals surface area contributed by atoms with Gasteiger partial charge in [-0.2, -0.15) is 0 Å². The zero-order valence-corrected chi connectivity index (χ0v) is 55.1. The number of rotatable bonds is 69. The first-order valence-electron chi connectivity index (χ1n) is 36.8. The van der Waals surface area contributed by atoms with Gasteiger partial charge in [0.05, 0.1) is 0 Å². The molecule has 0 spiro atoms. The fraction of sp³-hybridized carbons (Fsp3) is 0.907. The maximum atomic E-state index is 12.9. The average Bonchev–Trinajstić information content (AvgIpc) is 3.47. The van der Waals surface area contributed by atoms with E-state index >= 15 is 0 Å². The molecule has 1 atom stereocenters. The van der Waals surface area contributed by atoms with E-state index in [9.17, 15) is 14.4 Å². The maximum absolute atomic E-state index is 12.9. The van der Waals surface area contributed by atoms with Gasteiger partial charge in [0.2, 0.25) is 0 Å². The maximum Gasteiger partial charge on any atom is 0.306 e. The van der Waals surface area contributed by atoms with Crippen molar-refractivity contribution in [1.82, 2.24) is 0 Å². The summed E-state index contributed by atoms with van der Waals surface area (Å²) in [5.41, 5.74) is 0. The first-order valence-corrected chi connectivity index (χ1v) is 36.8. The number of carbonyl (C=O) groups excluding carboxylic acids is 3. The van der Waals surface area contributed by atoms with Gasteiger partial charge in [-0.3, -0.25) is 14.4 Å². The predicted molar refractivity (Wildman–Crippen MR) is 353 cm³/mol. The summed E-state index contributed by atoms with van der Waals surface area (Å²) in [4.78, 5) is 38.4. The van der Waals surface area contributed by atoms with Gasteiger partial charge in [0.15, 0.2) is 6.10 Å². The highest BCUT2D eigenvalue weighted by Crippen LogP contribution is 2.19. The van der Waals surface area contributed by atoms with Crippen molar-refractivity contribution in [3.8, 4) is 0 Å². The molecule has 0 rings (SSSR count). The van der Waals surface area contributed by atoms with Crippen molar-refractivity contribution in [2.45, 2.75) is 425 Å². The highest BCUT2D eigenvalue weighted by atomic mass is 16.6. The number of esters is 3. The Bertz CT molecular complexity index is 1310. The number of unbranched alkanes of at least 4 members (excludes halogenated alkanes) is 54.